The summed E-state index contributed by atoms with van der Waals surface area (Å²) in [4.78, 5) is 13.0. The Morgan fingerprint density at radius 2 is 1.60 bits per heavy atom. The molecule has 2 aliphatic rings. The van der Waals surface area contributed by atoms with Crippen molar-refractivity contribution in [3.8, 4) is 11.5 Å². The van der Waals surface area contributed by atoms with Gasteiger partial charge in [0.2, 0.25) is 0 Å². The predicted octanol–water partition coefficient (Wildman–Crippen LogP) is 5.39. The molecular formula is C25H27NO3Y-2. The number of nitrogens with one attached hydrogen (secondary N) is 1. The molecule has 3 atom stereocenters. The van der Waals surface area contributed by atoms with Gasteiger partial charge < -0.3 is 21.8 Å². The van der Waals surface area contributed by atoms with E-state index in [1.807, 2.05) is 24.3 Å². The van der Waals surface area contributed by atoms with Crippen molar-refractivity contribution in [1.82, 2.24) is 0 Å². The zero-order valence-corrected chi connectivity index (χ0v) is 20.4. The van der Waals surface area contributed by atoms with Crippen molar-refractivity contribution in [2.75, 3.05) is 20.8 Å². The summed E-state index contributed by atoms with van der Waals surface area (Å²) in [6.45, 7) is 11.4. The molecule has 0 amide bonds. The molecule has 1 saturated carbocycles. The van der Waals surface area contributed by atoms with Crippen LogP contribution >= 0.6 is 0 Å². The zero-order valence-electron chi connectivity index (χ0n) is 17.6. The Morgan fingerprint density at radius 1 is 1.03 bits per heavy atom. The largest absolute Gasteiger partial charge is 0.677 e. The minimum Gasteiger partial charge on any atom is -0.677 e. The van der Waals surface area contributed by atoms with E-state index in [0.29, 0.717) is 12.3 Å². The van der Waals surface area contributed by atoms with Crippen LogP contribution in [-0.2, 0) is 43.9 Å². The fourth-order valence-corrected chi connectivity index (χ4v) is 4.44. The molecule has 2 aromatic rings. The van der Waals surface area contributed by atoms with Gasteiger partial charge in [-0.1, -0.05) is 24.3 Å². The van der Waals surface area contributed by atoms with E-state index in [1.54, 1.807) is 14.2 Å². The van der Waals surface area contributed by atoms with Crippen LogP contribution in [0.15, 0.2) is 55.1 Å². The number of fused-ring (bicyclic) bond motifs is 5. The number of benzene rings is 2. The monoisotopic (exact) mass is 478 g/mol. The third-order valence-electron chi connectivity index (χ3n) is 5.90. The van der Waals surface area contributed by atoms with E-state index in [4.69, 9.17) is 15.2 Å². The number of hydrogen-bond acceptors (Lipinski definition) is 3. The van der Waals surface area contributed by atoms with Gasteiger partial charge >= 0.3 is 0 Å². The summed E-state index contributed by atoms with van der Waals surface area (Å²) < 4.78 is 10.9. The zero-order chi connectivity index (χ0) is 21.1. The SMILES string of the molecule is C=C1C2c3ccc(OC)cc3CC(C(=O)CC[NH-])c3cc(OC)ccc3C12.[CH-]=C.[Y]. The van der Waals surface area contributed by atoms with E-state index in [1.165, 1.54) is 16.7 Å². The van der Waals surface area contributed by atoms with Gasteiger partial charge in [-0.05, 0) is 59.4 Å². The molecule has 3 unspecified atom stereocenters. The van der Waals surface area contributed by atoms with E-state index < -0.39 is 0 Å². The Labute approximate surface area is 204 Å². The standard InChI is InChI=1S/C23H24NO3.C2H3.Y/c1-13-22-17-6-4-15(26-2)10-14(17)11-20(21(25)8-9-24)19-12-16(27-3)5-7-18(19)23(13)22;1-2;/h4-7,10,12,20,22-24H,1,8-9,11H2,2-3H3;1H,2H2;/q2*-1;. The average Bonchev–Trinajstić information content (AvgIpc) is 3.41. The van der Waals surface area contributed by atoms with E-state index in [0.717, 1.165) is 22.6 Å². The van der Waals surface area contributed by atoms with Crippen LogP contribution in [0.5, 0.6) is 11.5 Å². The molecule has 2 aliphatic carbocycles. The minimum atomic E-state index is -0.277. The Morgan fingerprint density at radius 3 is 2.20 bits per heavy atom. The Bertz CT molecular complexity index is 940. The van der Waals surface area contributed by atoms with Crippen LogP contribution in [0.2, 0.25) is 0 Å². The molecule has 30 heavy (non-hydrogen) atoms. The normalized spacial score (nSPS) is 20.5. The van der Waals surface area contributed by atoms with Crippen LogP contribution in [0.1, 0.15) is 46.4 Å². The first-order valence-electron chi connectivity index (χ1n) is 9.70. The Hall–Kier alpha value is -1.75. The van der Waals surface area contributed by atoms with Crippen molar-refractivity contribution in [1.29, 1.82) is 0 Å². The second-order valence-electron chi connectivity index (χ2n) is 7.31. The third-order valence-corrected chi connectivity index (χ3v) is 5.90. The van der Waals surface area contributed by atoms with Gasteiger partial charge in [-0.2, -0.15) is 0 Å². The van der Waals surface area contributed by atoms with E-state index in [9.17, 15) is 4.79 Å². The Kier molecular flexibility index (Phi) is 8.60. The summed E-state index contributed by atoms with van der Waals surface area (Å²) in [5.41, 5.74) is 13.3. The molecular weight excluding hydrogens is 451 g/mol. The van der Waals surface area contributed by atoms with Gasteiger partial charge in [-0.15, -0.1) is 6.54 Å². The third kappa shape index (κ3) is 4.46. The van der Waals surface area contributed by atoms with Crippen LogP contribution in [0, 0.1) is 6.58 Å². The van der Waals surface area contributed by atoms with Crippen molar-refractivity contribution in [2.24, 2.45) is 0 Å². The maximum atomic E-state index is 13.0. The number of rotatable bonds is 5. The van der Waals surface area contributed by atoms with E-state index >= 15 is 0 Å². The first-order chi connectivity index (χ1) is 14.1. The summed E-state index contributed by atoms with van der Waals surface area (Å²) in [5, 5.41) is 0. The fraction of sp³-hybridized carbons (Fsp3) is 0.320. The van der Waals surface area contributed by atoms with Crippen LogP contribution in [0.4, 0.5) is 0 Å². The summed E-state index contributed by atoms with van der Waals surface area (Å²) in [6, 6.07) is 12.2. The first kappa shape index (κ1) is 24.5. The van der Waals surface area contributed by atoms with E-state index in [2.05, 4.69) is 31.9 Å². The van der Waals surface area contributed by atoms with Gasteiger partial charge in [0.1, 0.15) is 17.3 Å². The molecule has 5 heteroatoms. The van der Waals surface area contributed by atoms with Crippen LogP contribution < -0.4 is 9.47 Å². The molecule has 0 heterocycles. The molecule has 155 valence electrons. The van der Waals surface area contributed by atoms with Gasteiger partial charge in [0.25, 0.3) is 0 Å². The van der Waals surface area contributed by atoms with Crippen molar-refractivity contribution in [3.05, 3.63) is 89.7 Å². The molecule has 1 N–H and O–H groups in total. The van der Waals surface area contributed by atoms with Crippen molar-refractivity contribution in [2.45, 2.75) is 30.6 Å². The molecule has 0 aliphatic heterocycles. The number of methoxy groups -OCH3 is 2. The van der Waals surface area contributed by atoms with Crippen LogP contribution in [0.25, 0.3) is 5.73 Å². The second-order valence-corrected chi connectivity index (χ2v) is 7.31. The molecule has 0 saturated heterocycles. The smallest absolute Gasteiger partial charge is 0.138 e. The number of ketones is 1. The first-order valence-corrected chi connectivity index (χ1v) is 9.70. The number of Topliss-reactive ketones (excluding diaryl/α,β-unsaturated/α-hetero) is 1. The predicted molar refractivity (Wildman–Crippen MR) is 116 cm³/mol. The second kappa shape index (κ2) is 10.5. The van der Waals surface area contributed by atoms with Crippen LogP contribution in [0.3, 0.4) is 0 Å². The van der Waals surface area contributed by atoms with E-state index in [-0.39, 0.29) is 63.3 Å². The molecule has 2 aromatic carbocycles. The number of hydrogen-bond donors (Lipinski definition) is 0. The number of carbonyl (C=O) groups is 1. The van der Waals surface area contributed by atoms with Gasteiger partial charge in [-0.25, -0.2) is 0 Å². The van der Waals surface area contributed by atoms with Gasteiger partial charge in [-0.3, -0.25) is 11.4 Å². The summed E-state index contributed by atoms with van der Waals surface area (Å²) in [7, 11) is 3.30. The molecule has 4 nitrogen and oxygen atoms in total. The molecule has 1 fully saturated rings. The number of carbonyl (C=O) groups excluding carboxylic acids is 1. The molecule has 0 bridgehead atoms. The number of allylic oxidation sites excluding steroid dienone is 1. The summed E-state index contributed by atoms with van der Waals surface area (Å²) >= 11 is 0. The van der Waals surface area contributed by atoms with Crippen molar-refractivity contribution < 1.29 is 47.0 Å². The number of ether oxygens (including phenoxy) is 2. The van der Waals surface area contributed by atoms with Crippen molar-refractivity contribution >= 4 is 5.78 Å². The minimum absolute atomic E-state index is 0. The molecule has 1 radical (unpaired) electrons. The topological polar surface area (TPSA) is 59.3 Å². The quantitative estimate of drug-likeness (QED) is 0.428. The fourth-order valence-electron chi connectivity index (χ4n) is 4.44. The van der Waals surface area contributed by atoms with Crippen molar-refractivity contribution in [3.63, 3.8) is 0 Å². The molecule has 0 spiro atoms. The van der Waals surface area contributed by atoms with Gasteiger partial charge in [0.15, 0.2) is 0 Å². The molecule has 0 aromatic heterocycles. The maximum absolute atomic E-state index is 13.0. The Balaban J connectivity index is 0.00000104. The molecule has 4 rings (SSSR count). The maximum Gasteiger partial charge on any atom is 0.138 e. The average molecular weight is 478 g/mol. The summed E-state index contributed by atoms with van der Waals surface area (Å²) in [6.07, 6.45) is 0.873. The van der Waals surface area contributed by atoms with Gasteiger partial charge in [0, 0.05) is 50.5 Å². The van der Waals surface area contributed by atoms with Crippen LogP contribution in [-0.4, -0.2) is 26.5 Å². The summed E-state index contributed by atoms with van der Waals surface area (Å²) in [5.74, 6) is 1.93. The van der Waals surface area contributed by atoms with Gasteiger partial charge in [0.05, 0.1) is 14.2 Å².